The molecule has 0 aliphatic rings. The van der Waals surface area contributed by atoms with E-state index in [0.717, 1.165) is 128 Å². The number of unbranched alkanes of at least 4 members (excludes halogenated alkanes) is 21. The molecule has 0 amide bonds. The number of phosphoric ester groups is 2. The Morgan fingerprint density at radius 3 is 0.818 bits per heavy atom. The molecule has 0 heterocycles. The normalized spacial score (nSPS) is 14.7. The van der Waals surface area contributed by atoms with Gasteiger partial charge >= 0.3 is 39.5 Å². The molecule has 19 heteroatoms. The zero-order chi connectivity index (χ0) is 80.3. The van der Waals surface area contributed by atoms with Crippen molar-refractivity contribution >= 4 is 39.5 Å². The molecule has 110 heavy (non-hydrogen) atoms. The van der Waals surface area contributed by atoms with E-state index in [-0.39, 0.29) is 25.7 Å². The lowest BCUT2D eigenvalue weighted by Gasteiger charge is -2.21. The van der Waals surface area contributed by atoms with Gasteiger partial charge in [-0.15, -0.1) is 0 Å². The SMILES string of the molecule is CC/C=C\C/C=C\C/C=C\C/C=C\C/C=C\CCCCCC(=O)OC[C@H](COP(=O)(O)OC[C@@H](O)COP(=O)(O)OC[C@@H](COC(=O)CC/C=C\C/C=C\C/C=C\C/C=C\C/C=C\CCCCC)OC(=O)CCCCCCCCCCCCCCC)OC(=O)CC/C=C\C/C=C\C/C=C\C/C=C\C/C=C\CCCCC. The van der Waals surface area contributed by atoms with Crippen LogP contribution in [-0.4, -0.2) is 96.7 Å². The summed E-state index contributed by atoms with van der Waals surface area (Å²) in [5, 5.41) is 10.7. The summed E-state index contributed by atoms with van der Waals surface area (Å²) in [4.78, 5) is 73.1. The van der Waals surface area contributed by atoms with Gasteiger partial charge < -0.3 is 33.8 Å². The second kappa shape index (κ2) is 81.2. The van der Waals surface area contributed by atoms with Gasteiger partial charge in [-0.25, -0.2) is 9.13 Å². The number of allylic oxidation sites excluding steroid dienone is 30. The molecule has 0 aliphatic carbocycles. The molecule has 0 aromatic heterocycles. The fraction of sp³-hybridized carbons (Fsp3) is 0.626. The van der Waals surface area contributed by atoms with Crippen LogP contribution in [0.4, 0.5) is 0 Å². The van der Waals surface area contributed by atoms with Gasteiger partial charge in [0.2, 0.25) is 0 Å². The van der Waals surface area contributed by atoms with Crippen LogP contribution in [0.2, 0.25) is 0 Å². The summed E-state index contributed by atoms with van der Waals surface area (Å²) in [6, 6.07) is 0. The van der Waals surface area contributed by atoms with Crippen molar-refractivity contribution in [1.82, 2.24) is 0 Å². The molecule has 0 fully saturated rings. The highest BCUT2D eigenvalue weighted by molar-refractivity contribution is 7.47. The summed E-state index contributed by atoms with van der Waals surface area (Å²) < 4.78 is 68.5. The number of hydrogen-bond donors (Lipinski definition) is 3. The largest absolute Gasteiger partial charge is 0.472 e. The molecule has 0 saturated carbocycles. The van der Waals surface area contributed by atoms with Crippen LogP contribution in [0.15, 0.2) is 182 Å². The third kappa shape index (κ3) is 80.2. The number of phosphoric acid groups is 2. The predicted octanol–water partition coefficient (Wildman–Crippen LogP) is 25.1. The lowest BCUT2D eigenvalue weighted by atomic mass is 10.0. The quantitative estimate of drug-likeness (QED) is 0.0169. The Balaban J connectivity index is 5.54. The number of ether oxygens (including phenoxy) is 4. The summed E-state index contributed by atoms with van der Waals surface area (Å²) in [5.74, 6) is -2.41. The van der Waals surface area contributed by atoms with Crippen molar-refractivity contribution in [1.29, 1.82) is 0 Å². The molecule has 0 aliphatic heterocycles. The van der Waals surface area contributed by atoms with E-state index in [4.69, 9.17) is 37.0 Å². The van der Waals surface area contributed by atoms with Gasteiger partial charge in [-0.1, -0.05) is 319 Å². The molecule has 0 rings (SSSR count). The van der Waals surface area contributed by atoms with Gasteiger partial charge in [0.25, 0.3) is 0 Å². The number of rotatable bonds is 77. The van der Waals surface area contributed by atoms with Crippen LogP contribution >= 0.6 is 15.6 Å². The van der Waals surface area contributed by atoms with Gasteiger partial charge in [-0.2, -0.15) is 0 Å². The maximum absolute atomic E-state index is 13.1. The van der Waals surface area contributed by atoms with E-state index in [1.54, 1.807) is 0 Å². The van der Waals surface area contributed by atoms with Gasteiger partial charge in [0.1, 0.15) is 19.3 Å². The number of carbonyl (C=O) groups excluding carboxylic acids is 4. The third-order valence-corrected chi connectivity index (χ3v) is 18.8. The summed E-state index contributed by atoms with van der Waals surface area (Å²) in [6.45, 7) is 4.50. The molecule has 0 spiro atoms. The second-order valence-corrected chi connectivity index (χ2v) is 30.2. The summed E-state index contributed by atoms with van der Waals surface area (Å²) >= 11 is 0. The minimum Gasteiger partial charge on any atom is -0.462 e. The van der Waals surface area contributed by atoms with Gasteiger partial charge in [0, 0.05) is 25.7 Å². The fourth-order valence-corrected chi connectivity index (χ4v) is 12.1. The molecule has 0 bridgehead atoms. The minimum absolute atomic E-state index is 0.0319. The molecule has 5 atom stereocenters. The second-order valence-electron chi connectivity index (χ2n) is 27.3. The Bertz CT molecular complexity index is 2800. The first-order valence-electron chi connectivity index (χ1n) is 42.0. The molecule has 624 valence electrons. The van der Waals surface area contributed by atoms with E-state index in [9.17, 15) is 43.2 Å². The van der Waals surface area contributed by atoms with E-state index < -0.39 is 97.5 Å². The van der Waals surface area contributed by atoms with Crippen molar-refractivity contribution in [3.05, 3.63) is 182 Å². The van der Waals surface area contributed by atoms with Crippen molar-refractivity contribution in [3.63, 3.8) is 0 Å². The Morgan fingerprint density at radius 2 is 0.491 bits per heavy atom. The lowest BCUT2D eigenvalue weighted by Crippen LogP contribution is -2.30. The average molecular weight is 1580 g/mol. The van der Waals surface area contributed by atoms with Crippen molar-refractivity contribution in [2.24, 2.45) is 0 Å². The zero-order valence-electron chi connectivity index (χ0n) is 68.4. The lowest BCUT2D eigenvalue weighted by molar-refractivity contribution is -0.161. The minimum atomic E-state index is -5.02. The highest BCUT2D eigenvalue weighted by Gasteiger charge is 2.30. The number of esters is 4. The molecule has 17 nitrogen and oxygen atoms in total. The van der Waals surface area contributed by atoms with Gasteiger partial charge in [0.05, 0.1) is 26.4 Å². The Morgan fingerprint density at radius 1 is 0.264 bits per heavy atom. The number of aliphatic hydroxyl groups is 1. The van der Waals surface area contributed by atoms with Crippen molar-refractivity contribution in [3.8, 4) is 0 Å². The molecule has 0 aromatic carbocycles. The average Bonchev–Trinajstić information content (AvgIpc) is 0.900. The first-order chi connectivity index (χ1) is 53.7. The van der Waals surface area contributed by atoms with E-state index in [0.29, 0.717) is 38.5 Å². The fourth-order valence-electron chi connectivity index (χ4n) is 10.5. The first kappa shape index (κ1) is 104. The molecule has 0 saturated heterocycles. The Kier molecular flexibility index (Phi) is 76.9. The highest BCUT2D eigenvalue weighted by atomic mass is 31.2. The summed E-state index contributed by atoms with van der Waals surface area (Å²) in [7, 11) is -10.0. The van der Waals surface area contributed by atoms with Crippen LogP contribution in [0.1, 0.15) is 310 Å². The maximum atomic E-state index is 13.1. The topological polar surface area (TPSA) is 237 Å². The molecular weight excluding hydrogens is 1430 g/mol. The van der Waals surface area contributed by atoms with E-state index in [2.05, 4.69) is 180 Å². The summed E-state index contributed by atoms with van der Waals surface area (Å²) in [6.07, 6.45) is 98.9. The molecular formula is C91H148O17P2. The number of carbonyl (C=O) groups is 4. The number of aliphatic hydroxyl groups excluding tert-OH is 1. The van der Waals surface area contributed by atoms with Crippen molar-refractivity contribution in [2.45, 2.75) is 329 Å². The highest BCUT2D eigenvalue weighted by Crippen LogP contribution is 2.45. The third-order valence-electron chi connectivity index (χ3n) is 16.9. The van der Waals surface area contributed by atoms with Crippen LogP contribution in [0.3, 0.4) is 0 Å². The van der Waals surface area contributed by atoms with Crippen LogP contribution in [-0.2, 0) is 65.4 Å². The number of hydrogen-bond acceptors (Lipinski definition) is 15. The van der Waals surface area contributed by atoms with E-state index >= 15 is 0 Å². The first-order valence-corrected chi connectivity index (χ1v) is 45.0. The van der Waals surface area contributed by atoms with Crippen molar-refractivity contribution < 1.29 is 80.2 Å². The zero-order valence-corrected chi connectivity index (χ0v) is 70.1. The standard InChI is InChI=1S/C91H148O17P2/c1-5-9-13-17-21-25-29-33-36-39-42-45-48-52-55-59-63-67-71-75-88(93)101-81-86(107-90(95)77-73-69-65-61-57-51-32-28-24-20-16-12-8-4)83-105-109(97,98)103-79-85(92)80-104-110(99,100)106-84-87(108-91(96)78-74-70-66-62-58-54-50-47-44-41-38-35-31-27-23-19-15-11-7-3)82-102-89(94)76-72-68-64-60-56-53-49-46-43-40-37-34-30-26-22-18-14-10-6-2/h10,14,21-23,25-27,33-38,42-47,52-56,58,63,66-67,70,85-87,92H,5-9,11-13,15-20,24,28-32,39-41,48-51,57,59-62,64-65,68-69,71-84H2,1-4H3,(H,97,98)(H,99,100)/b14-10-,25-21-,26-22-,27-23-,36-33-,37-34-,38-35-,45-42-,46-43-,47-44-,55-52-,56-53-,58-54-,67-63-,70-66-/t85-,86+,87+/m0/s1. The van der Waals surface area contributed by atoms with Crippen LogP contribution in [0, 0.1) is 0 Å². The molecule has 2 unspecified atom stereocenters. The van der Waals surface area contributed by atoms with Crippen molar-refractivity contribution in [2.75, 3.05) is 39.6 Å². The smallest absolute Gasteiger partial charge is 0.462 e. The predicted molar refractivity (Wildman–Crippen MR) is 454 cm³/mol. The molecule has 3 N–H and O–H groups in total. The van der Waals surface area contributed by atoms with Gasteiger partial charge in [-0.05, 0) is 148 Å². The van der Waals surface area contributed by atoms with Crippen LogP contribution in [0.25, 0.3) is 0 Å². The monoisotopic (exact) mass is 1580 g/mol. The Labute approximate surface area is 666 Å². The van der Waals surface area contributed by atoms with Crippen LogP contribution < -0.4 is 0 Å². The van der Waals surface area contributed by atoms with Crippen LogP contribution in [0.5, 0.6) is 0 Å². The summed E-state index contributed by atoms with van der Waals surface area (Å²) in [5.41, 5.74) is 0. The Hall–Kier alpha value is -5.84. The van der Waals surface area contributed by atoms with Gasteiger partial charge in [0.15, 0.2) is 12.2 Å². The van der Waals surface area contributed by atoms with Gasteiger partial charge in [-0.3, -0.25) is 37.3 Å². The maximum Gasteiger partial charge on any atom is 0.472 e. The van der Waals surface area contributed by atoms with E-state index in [1.165, 1.54) is 89.9 Å². The molecule has 0 radical (unpaired) electrons. The molecule has 0 aromatic rings. The van der Waals surface area contributed by atoms with E-state index in [1.807, 2.05) is 30.4 Å².